The molecule has 154 valence electrons. The molecule has 6 heteroatoms. The van der Waals surface area contributed by atoms with E-state index < -0.39 is 0 Å². The Hall–Kier alpha value is -3.67. The summed E-state index contributed by atoms with van der Waals surface area (Å²) in [7, 11) is 0. The van der Waals surface area contributed by atoms with E-state index in [0.29, 0.717) is 11.4 Å². The number of nitrogens with zero attached hydrogens (tertiary/aromatic N) is 1. The van der Waals surface area contributed by atoms with Gasteiger partial charge in [0.05, 0.1) is 11.8 Å². The highest BCUT2D eigenvalue weighted by atomic mass is 16.6. The minimum absolute atomic E-state index is 0.125. The van der Waals surface area contributed by atoms with Gasteiger partial charge in [0.2, 0.25) is 5.91 Å². The maximum atomic E-state index is 12.2. The van der Waals surface area contributed by atoms with Crippen LogP contribution in [0.2, 0.25) is 0 Å². The van der Waals surface area contributed by atoms with E-state index in [-0.39, 0.29) is 24.5 Å². The van der Waals surface area contributed by atoms with Crippen molar-refractivity contribution in [1.29, 1.82) is 0 Å². The fourth-order valence-corrected chi connectivity index (χ4v) is 3.08. The number of hydrogen-bond donors (Lipinski definition) is 2. The average molecular weight is 403 g/mol. The molecule has 0 aromatic heterocycles. The number of hydrogen-bond acceptors (Lipinski definition) is 4. The molecule has 0 radical (unpaired) electrons. The first kappa shape index (κ1) is 21.0. The highest BCUT2D eigenvalue weighted by molar-refractivity contribution is 5.99. The minimum atomic E-state index is -0.242. The van der Waals surface area contributed by atoms with Crippen LogP contribution in [0.15, 0.2) is 71.9 Å². The summed E-state index contributed by atoms with van der Waals surface area (Å²) in [6.07, 6.45) is 0. The van der Waals surface area contributed by atoms with Crippen LogP contribution in [0.3, 0.4) is 0 Å². The molecule has 3 aromatic carbocycles. The van der Waals surface area contributed by atoms with E-state index in [1.165, 1.54) is 6.92 Å². The van der Waals surface area contributed by atoms with Crippen LogP contribution in [0.1, 0.15) is 37.9 Å². The van der Waals surface area contributed by atoms with E-state index >= 15 is 0 Å². The molecule has 6 nitrogen and oxygen atoms in total. The highest BCUT2D eigenvalue weighted by Crippen LogP contribution is 2.20. The second-order valence-electron chi connectivity index (χ2n) is 7.10. The van der Waals surface area contributed by atoms with Gasteiger partial charge in [-0.15, -0.1) is 0 Å². The quantitative estimate of drug-likeness (QED) is 0.453. The Bertz CT molecular complexity index is 1070. The van der Waals surface area contributed by atoms with Crippen molar-refractivity contribution in [3.8, 4) is 0 Å². The van der Waals surface area contributed by atoms with E-state index in [9.17, 15) is 9.59 Å². The van der Waals surface area contributed by atoms with Gasteiger partial charge in [0, 0.05) is 12.6 Å². The Morgan fingerprint density at radius 1 is 0.967 bits per heavy atom. The van der Waals surface area contributed by atoms with Crippen LogP contribution in [0.5, 0.6) is 0 Å². The first-order chi connectivity index (χ1) is 14.4. The number of anilines is 1. The van der Waals surface area contributed by atoms with Crippen LogP contribution in [-0.2, 0) is 14.4 Å². The number of nitrogens with one attached hydrogen (secondary N) is 2. The lowest BCUT2D eigenvalue weighted by Gasteiger charge is -2.14. The largest absolute Gasteiger partial charge is 0.385 e. The van der Waals surface area contributed by atoms with E-state index in [1.807, 2.05) is 37.3 Å². The number of benzene rings is 3. The SMILES string of the molecule is CC(=O)Nc1ccc(/C(C)=N/OCC(=O)NC(C)c2ccc3ccccc3c2)cc1. The highest BCUT2D eigenvalue weighted by Gasteiger charge is 2.11. The fraction of sp³-hybridized carbons (Fsp3) is 0.208. The molecular formula is C24H25N3O3. The molecule has 0 heterocycles. The number of carbonyl (C=O) groups excluding carboxylic acids is 2. The minimum Gasteiger partial charge on any atom is -0.385 e. The standard InChI is InChI=1S/C24H25N3O3/c1-16(21-9-8-20-6-4-5-7-22(20)14-21)25-24(29)15-30-27-17(2)19-10-12-23(13-11-19)26-18(3)28/h4-14,16H,15H2,1-3H3,(H,25,29)(H,26,28)/b27-17+. The van der Waals surface area contributed by atoms with E-state index in [2.05, 4.69) is 40.1 Å². The van der Waals surface area contributed by atoms with Gasteiger partial charge in [-0.1, -0.05) is 53.7 Å². The second-order valence-corrected chi connectivity index (χ2v) is 7.10. The lowest BCUT2D eigenvalue weighted by atomic mass is 10.0. The van der Waals surface area contributed by atoms with Crippen molar-refractivity contribution in [3.05, 3.63) is 77.9 Å². The summed E-state index contributed by atoms with van der Waals surface area (Å²) in [6.45, 7) is 5.02. The summed E-state index contributed by atoms with van der Waals surface area (Å²) in [4.78, 5) is 28.5. The third kappa shape index (κ3) is 5.67. The molecular weight excluding hydrogens is 378 g/mol. The normalized spacial score (nSPS) is 12.3. The third-order valence-electron chi connectivity index (χ3n) is 4.67. The van der Waals surface area contributed by atoms with Crippen LogP contribution in [0.25, 0.3) is 10.8 Å². The molecule has 0 saturated heterocycles. The zero-order valence-electron chi connectivity index (χ0n) is 17.3. The van der Waals surface area contributed by atoms with Crippen LogP contribution < -0.4 is 10.6 Å². The van der Waals surface area contributed by atoms with Crippen molar-refractivity contribution in [1.82, 2.24) is 5.32 Å². The Labute approximate surface area is 175 Å². The summed E-state index contributed by atoms with van der Waals surface area (Å²) in [5.74, 6) is -0.367. The van der Waals surface area contributed by atoms with Crippen molar-refractivity contribution in [3.63, 3.8) is 0 Å². The molecule has 3 aromatic rings. The first-order valence-corrected chi connectivity index (χ1v) is 9.75. The number of rotatable bonds is 7. The summed E-state index contributed by atoms with van der Waals surface area (Å²) < 4.78 is 0. The average Bonchev–Trinajstić information content (AvgIpc) is 2.73. The molecule has 2 N–H and O–H groups in total. The number of amides is 2. The second kappa shape index (κ2) is 9.69. The zero-order chi connectivity index (χ0) is 21.5. The third-order valence-corrected chi connectivity index (χ3v) is 4.67. The van der Waals surface area contributed by atoms with Crippen LogP contribution in [-0.4, -0.2) is 24.1 Å². The van der Waals surface area contributed by atoms with Gasteiger partial charge in [-0.05, 0) is 53.9 Å². The monoisotopic (exact) mass is 403 g/mol. The molecule has 0 aliphatic rings. The van der Waals surface area contributed by atoms with Gasteiger partial charge in [-0.25, -0.2) is 0 Å². The molecule has 0 fully saturated rings. The topological polar surface area (TPSA) is 79.8 Å². The Morgan fingerprint density at radius 2 is 1.67 bits per heavy atom. The van der Waals surface area contributed by atoms with Gasteiger partial charge in [0.15, 0.2) is 6.61 Å². The summed E-state index contributed by atoms with van der Waals surface area (Å²) in [5, 5.41) is 11.9. The fourth-order valence-electron chi connectivity index (χ4n) is 3.08. The summed E-state index contributed by atoms with van der Waals surface area (Å²) in [5.41, 5.74) is 3.22. The van der Waals surface area contributed by atoms with Gasteiger partial charge in [0.1, 0.15) is 0 Å². The van der Waals surface area contributed by atoms with Crippen LogP contribution in [0, 0.1) is 0 Å². The Balaban J connectivity index is 1.52. The van der Waals surface area contributed by atoms with Crippen molar-refractivity contribution in [2.24, 2.45) is 5.16 Å². The Kier molecular flexibility index (Phi) is 6.80. The maximum absolute atomic E-state index is 12.2. The van der Waals surface area contributed by atoms with Gasteiger partial charge >= 0.3 is 0 Å². The van der Waals surface area contributed by atoms with Gasteiger partial charge in [-0.3, -0.25) is 9.59 Å². The molecule has 2 amide bonds. The molecule has 0 aliphatic heterocycles. The number of oxime groups is 1. The predicted octanol–water partition coefficient (Wildman–Crippen LogP) is 4.42. The lowest BCUT2D eigenvalue weighted by molar-refractivity contribution is -0.126. The van der Waals surface area contributed by atoms with Crippen LogP contribution in [0.4, 0.5) is 5.69 Å². The molecule has 1 atom stereocenters. The maximum Gasteiger partial charge on any atom is 0.261 e. The molecule has 0 bridgehead atoms. The van der Waals surface area contributed by atoms with Crippen molar-refractivity contribution in [2.75, 3.05) is 11.9 Å². The van der Waals surface area contributed by atoms with E-state index in [0.717, 1.165) is 21.9 Å². The molecule has 0 aliphatic carbocycles. The molecule has 0 spiro atoms. The molecule has 0 saturated carbocycles. The number of carbonyl (C=O) groups is 2. The smallest absolute Gasteiger partial charge is 0.261 e. The van der Waals surface area contributed by atoms with Gasteiger partial charge in [0.25, 0.3) is 5.91 Å². The van der Waals surface area contributed by atoms with Crippen molar-refractivity contribution >= 4 is 34.0 Å². The first-order valence-electron chi connectivity index (χ1n) is 9.75. The molecule has 3 rings (SSSR count). The molecule has 30 heavy (non-hydrogen) atoms. The van der Waals surface area contributed by atoms with Gasteiger partial charge in [-0.2, -0.15) is 0 Å². The van der Waals surface area contributed by atoms with Crippen molar-refractivity contribution < 1.29 is 14.4 Å². The predicted molar refractivity (Wildman–Crippen MR) is 119 cm³/mol. The number of fused-ring (bicyclic) bond motifs is 1. The van der Waals surface area contributed by atoms with E-state index in [4.69, 9.17) is 4.84 Å². The molecule has 1 unspecified atom stereocenters. The van der Waals surface area contributed by atoms with E-state index in [1.54, 1.807) is 19.1 Å². The van der Waals surface area contributed by atoms with Crippen molar-refractivity contribution in [2.45, 2.75) is 26.8 Å². The summed E-state index contributed by atoms with van der Waals surface area (Å²) in [6, 6.07) is 21.3. The Morgan fingerprint density at radius 3 is 2.37 bits per heavy atom. The van der Waals surface area contributed by atoms with Gasteiger partial charge < -0.3 is 15.5 Å². The zero-order valence-corrected chi connectivity index (χ0v) is 17.3. The lowest BCUT2D eigenvalue weighted by Crippen LogP contribution is -2.29. The van der Waals surface area contributed by atoms with Crippen LogP contribution >= 0.6 is 0 Å². The summed E-state index contributed by atoms with van der Waals surface area (Å²) >= 11 is 0.